The minimum atomic E-state index is -1.59. The van der Waals surface area contributed by atoms with Gasteiger partial charge in [-0.05, 0) is 79.5 Å². The van der Waals surface area contributed by atoms with Crippen LogP contribution >= 0.6 is 11.6 Å². The summed E-state index contributed by atoms with van der Waals surface area (Å²) in [5, 5.41) is 13.7. The monoisotopic (exact) mass is 494 g/mol. The molecule has 0 amide bonds. The van der Waals surface area contributed by atoms with Crippen molar-refractivity contribution in [3.63, 3.8) is 0 Å². The summed E-state index contributed by atoms with van der Waals surface area (Å²) in [7, 11) is 3.81. The third-order valence-corrected chi connectivity index (χ3v) is 6.82. The van der Waals surface area contributed by atoms with Crippen LogP contribution in [-0.2, 0) is 12.0 Å². The number of aliphatic hydroxyl groups is 1. The van der Waals surface area contributed by atoms with E-state index in [1.165, 1.54) is 12.1 Å². The first-order chi connectivity index (χ1) is 16.7. The lowest BCUT2D eigenvalue weighted by molar-refractivity contribution is 0.00396. The summed E-state index contributed by atoms with van der Waals surface area (Å²) in [5.41, 5.74) is 1.96. The second-order valence-electron chi connectivity index (χ2n) is 9.22. The molecular formula is C29H29ClF2N2O. The summed E-state index contributed by atoms with van der Waals surface area (Å²) < 4.78 is 28.7. The van der Waals surface area contributed by atoms with Gasteiger partial charge >= 0.3 is 0 Å². The Balaban J connectivity index is 1.97. The minimum absolute atomic E-state index is 0.203. The van der Waals surface area contributed by atoms with Crippen LogP contribution in [0.2, 0.25) is 5.15 Å². The van der Waals surface area contributed by atoms with Crippen molar-refractivity contribution >= 4 is 22.5 Å². The Labute approximate surface area is 210 Å². The first-order valence-electron chi connectivity index (χ1n) is 11.7. The standard InChI is InChI=1S/C29H29ClF2N2O/c1-4-19-14-22-15-21(10-11-26(22)33-28(19)30)27(20-8-6-5-7-9-20)29(35,12-13-34(2)3)23-16-24(31)18-25(32)17-23/h5-11,14-18,27,35H,4,12-13H2,1-3H3. The summed E-state index contributed by atoms with van der Waals surface area (Å²) in [6.07, 6.45) is 1.00. The Bertz CT molecular complexity index is 1310. The van der Waals surface area contributed by atoms with Crippen LogP contribution in [0.5, 0.6) is 0 Å². The van der Waals surface area contributed by atoms with Crippen LogP contribution in [0.25, 0.3) is 10.9 Å². The number of fused-ring (bicyclic) bond motifs is 1. The molecule has 1 aromatic heterocycles. The first kappa shape index (κ1) is 25.2. The molecule has 35 heavy (non-hydrogen) atoms. The molecule has 0 aliphatic heterocycles. The Kier molecular flexibility index (Phi) is 7.50. The molecule has 0 spiro atoms. The van der Waals surface area contributed by atoms with Gasteiger partial charge < -0.3 is 10.0 Å². The topological polar surface area (TPSA) is 36.4 Å². The normalized spacial score (nSPS) is 14.3. The van der Waals surface area contributed by atoms with E-state index in [9.17, 15) is 13.9 Å². The van der Waals surface area contributed by atoms with Crippen LogP contribution in [0.4, 0.5) is 8.78 Å². The molecule has 3 aromatic carbocycles. The maximum absolute atomic E-state index is 14.4. The third kappa shape index (κ3) is 5.37. The van der Waals surface area contributed by atoms with Crippen molar-refractivity contribution < 1.29 is 13.9 Å². The Morgan fingerprint density at radius 2 is 1.63 bits per heavy atom. The van der Waals surface area contributed by atoms with Crippen molar-refractivity contribution in [3.05, 3.63) is 112 Å². The number of hydrogen-bond donors (Lipinski definition) is 1. The highest BCUT2D eigenvalue weighted by molar-refractivity contribution is 6.30. The summed E-state index contributed by atoms with van der Waals surface area (Å²) in [6.45, 7) is 2.53. The number of pyridine rings is 1. The second-order valence-corrected chi connectivity index (χ2v) is 9.58. The Morgan fingerprint density at radius 3 is 2.26 bits per heavy atom. The van der Waals surface area contributed by atoms with Crippen LogP contribution in [-0.4, -0.2) is 35.6 Å². The third-order valence-electron chi connectivity index (χ3n) is 6.49. The molecule has 0 saturated carbocycles. The van der Waals surface area contributed by atoms with E-state index in [1.54, 1.807) is 0 Å². The average molecular weight is 495 g/mol. The van der Waals surface area contributed by atoms with Crippen molar-refractivity contribution in [2.75, 3.05) is 20.6 Å². The van der Waals surface area contributed by atoms with Gasteiger partial charge in [-0.15, -0.1) is 0 Å². The molecule has 0 aliphatic carbocycles. The highest BCUT2D eigenvalue weighted by Gasteiger charge is 2.41. The van der Waals surface area contributed by atoms with E-state index in [0.29, 0.717) is 11.7 Å². The fraction of sp³-hybridized carbons (Fsp3) is 0.276. The van der Waals surface area contributed by atoms with Crippen molar-refractivity contribution in [3.8, 4) is 0 Å². The second kappa shape index (κ2) is 10.4. The number of aryl methyl sites for hydroxylation is 1. The smallest absolute Gasteiger partial charge is 0.132 e. The molecule has 2 unspecified atom stereocenters. The van der Waals surface area contributed by atoms with Crippen molar-refractivity contribution in [1.29, 1.82) is 0 Å². The van der Waals surface area contributed by atoms with Crippen molar-refractivity contribution in [2.45, 2.75) is 31.3 Å². The molecule has 0 saturated heterocycles. The zero-order chi connectivity index (χ0) is 25.2. The quantitative estimate of drug-likeness (QED) is 0.277. The largest absolute Gasteiger partial charge is 0.384 e. The number of nitrogens with zero attached hydrogens (tertiary/aromatic N) is 2. The zero-order valence-electron chi connectivity index (χ0n) is 20.1. The van der Waals surface area contributed by atoms with Crippen LogP contribution in [0.3, 0.4) is 0 Å². The predicted molar refractivity (Wildman–Crippen MR) is 138 cm³/mol. The van der Waals surface area contributed by atoms with Gasteiger partial charge in [-0.1, -0.05) is 54.9 Å². The lowest BCUT2D eigenvalue weighted by atomic mass is 9.71. The van der Waals surface area contributed by atoms with Crippen LogP contribution in [0.1, 0.15) is 41.5 Å². The molecule has 4 aromatic rings. The molecule has 0 aliphatic rings. The van der Waals surface area contributed by atoms with Gasteiger partial charge in [0.15, 0.2) is 0 Å². The summed E-state index contributed by atoms with van der Waals surface area (Å²) in [5.74, 6) is -2.03. The molecule has 6 heteroatoms. The van der Waals surface area contributed by atoms with E-state index in [0.717, 1.165) is 40.1 Å². The molecular weight excluding hydrogens is 466 g/mol. The molecule has 0 radical (unpaired) electrons. The molecule has 4 rings (SSSR count). The number of halogens is 3. The summed E-state index contributed by atoms with van der Waals surface area (Å²) >= 11 is 6.33. The van der Waals surface area contributed by atoms with Gasteiger partial charge in [-0.3, -0.25) is 0 Å². The van der Waals surface area contributed by atoms with Gasteiger partial charge in [-0.2, -0.15) is 0 Å². The lowest BCUT2D eigenvalue weighted by Crippen LogP contribution is -2.37. The fourth-order valence-corrected chi connectivity index (χ4v) is 4.96. The van der Waals surface area contributed by atoms with E-state index in [2.05, 4.69) is 4.98 Å². The molecule has 182 valence electrons. The van der Waals surface area contributed by atoms with E-state index in [-0.39, 0.29) is 12.0 Å². The zero-order valence-corrected chi connectivity index (χ0v) is 20.9. The SMILES string of the molecule is CCc1cc2cc(C(c3ccccc3)C(O)(CCN(C)C)c3cc(F)cc(F)c3)ccc2nc1Cl. The van der Waals surface area contributed by atoms with E-state index >= 15 is 0 Å². The molecule has 1 N–H and O–H groups in total. The van der Waals surface area contributed by atoms with Gasteiger partial charge in [0.2, 0.25) is 0 Å². The predicted octanol–water partition coefficient (Wildman–Crippen LogP) is 6.70. The van der Waals surface area contributed by atoms with Gasteiger partial charge in [0, 0.05) is 23.9 Å². The van der Waals surface area contributed by atoms with Crippen molar-refractivity contribution in [1.82, 2.24) is 9.88 Å². The highest BCUT2D eigenvalue weighted by atomic mass is 35.5. The maximum atomic E-state index is 14.4. The van der Waals surface area contributed by atoms with Crippen LogP contribution in [0.15, 0.2) is 72.8 Å². The van der Waals surface area contributed by atoms with E-state index in [1.807, 2.05) is 80.5 Å². The van der Waals surface area contributed by atoms with Gasteiger partial charge in [0.25, 0.3) is 0 Å². The fourth-order valence-electron chi connectivity index (χ4n) is 4.69. The van der Waals surface area contributed by atoms with Gasteiger partial charge in [0.1, 0.15) is 22.4 Å². The first-order valence-corrected chi connectivity index (χ1v) is 12.1. The maximum Gasteiger partial charge on any atom is 0.132 e. The van der Waals surface area contributed by atoms with Crippen molar-refractivity contribution in [2.24, 2.45) is 0 Å². The summed E-state index contributed by atoms with van der Waals surface area (Å²) in [4.78, 5) is 6.47. The Morgan fingerprint density at radius 1 is 0.943 bits per heavy atom. The molecule has 1 heterocycles. The number of hydrogen-bond acceptors (Lipinski definition) is 3. The molecule has 0 fully saturated rings. The molecule has 2 atom stereocenters. The minimum Gasteiger partial charge on any atom is -0.384 e. The van der Waals surface area contributed by atoms with Gasteiger partial charge in [0.05, 0.1) is 5.52 Å². The lowest BCUT2D eigenvalue weighted by Gasteiger charge is -2.38. The molecule has 0 bridgehead atoms. The van der Waals surface area contributed by atoms with Gasteiger partial charge in [-0.25, -0.2) is 13.8 Å². The number of aromatic nitrogens is 1. The number of benzene rings is 3. The van der Waals surface area contributed by atoms with Crippen LogP contribution < -0.4 is 0 Å². The molecule has 3 nitrogen and oxygen atoms in total. The Hall–Kier alpha value is -2.86. The van der Waals surface area contributed by atoms with E-state index in [4.69, 9.17) is 11.6 Å². The summed E-state index contributed by atoms with van der Waals surface area (Å²) in [6, 6.07) is 20.6. The average Bonchev–Trinajstić information content (AvgIpc) is 2.82. The van der Waals surface area contributed by atoms with Crippen LogP contribution in [0, 0.1) is 11.6 Å². The number of rotatable bonds is 8. The van der Waals surface area contributed by atoms with E-state index < -0.39 is 23.2 Å². The highest BCUT2D eigenvalue weighted by Crippen LogP contribution is 2.45.